The van der Waals surface area contributed by atoms with Crippen molar-refractivity contribution in [2.45, 2.75) is 20.0 Å². The predicted octanol–water partition coefficient (Wildman–Crippen LogP) is 1.45. The van der Waals surface area contributed by atoms with Gasteiger partial charge in [-0.05, 0) is 19.9 Å². The van der Waals surface area contributed by atoms with E-state index in [2.05, 4.69) is 5.32 Å². The Morgan fingerprint density at radius 3 is 2.56 bits per heavy atom. The summed E-state index contributed by atoms with van der Waals surface area (Å²) >= 11 is 0. The number of phenols is 1. The van der Waals surface area contributed by atoms with Gasteiger partial charge in [0, 0.05) is 13.1 Å². The maximum Gasteiger partial charge on any atom is 0.314 e. The minimum absolute atomic E-state index is 0.0706. The van der Waals surface area contributed by atoms with Gasteiger partial charge in [0.1, 0.15) is 0 Å². The van der Waals surface area contributed by atoms with E-state index in [0.29, 0.717) is 0 Å². The minimum atomic E-state index is -0.676. The summed E-state index contributed by atoms with van der Waals surface area (Å²) in [4.78, 5) is 21.6. The molecule has 0 heterocycles. The van der Waals surface area contributed by atoms with E-state index in [1.807, 2.05) is 0 Å². The van der Waals surface area contributed by atoms with E-state index in [9.17, 15) is 20.0 Å². The van der Waals surface area contributed by atoms with Crippen molar-refractivity contribution in [2.75, 3.05) is 7.05 Å². The molecule has 1 rings (SSSR count). The third-order valence-electron chi connectivity index (χ3n) is 2.13. The number of carbonyl (C=O) groups is 1. The van der Waals surface area contributed by atoms with Crippen molar-refractivity contribution >= 4 is 11.6 Å². The summed E-state index contributed by atoms with van der Waals surface area (Å²) in [6.45, 7) is 3.32. The molecule has 1 aromatic rings. The number of carbonyl (C=O) groups excluding carboxylic acids is 1. The summed E-state index contributed by atoms with van der Waals surface area (Å²) in [6.07, 6.45) is -0.366. The molecule has 0 spiro atoms. The highest BCUT2D eigenvalue weighted by Crippen LogP contribution is 2.39. The molecule has 0 aliphatic carbocycles. The lowest BCUT2D eigenvalue weighted by Crippen LogP contribution is -2.18. The maximum atomic E-state index is 11.5. The number of hydrogen-bond acceptors (Lipinski definition) is 5. The fourth-order valence-corrected chi connectivity index (χ4v) is 1.37. The number of nitro groups is 1. The smallest absolute Gasteiger partial charge is 0.314 e. The molecule has 0 aliphatic heterocycles. The third kappa shape index (κ3) is 2.68. The van der Waals surface area contributed by atoms with Crippen molar-refractivity contribution in [1.29, 1.82) is 0 Å². The summed E-state index contributed by atoms with van der Waals surface area (Å²) in [6, 6.07) is 2.31. The van der Waals surface area contributed by atoms with Crippen LogP contribution in [0.2, 0.25) is 0 Å². The van der Waals surface area contributed by atoms with Crippen molar-refractivity contribution in [2.24, 2.45) is 0 Å². The maximum absolute atomic E-state index is 11.5. The molecule has 0 bridgehead atoms. The van der Waals surface area contributed by atoms with Crippen molar-refractivity contribution in [3.8, 4) is 11.5 Å². The summed E-state index contributed by atoms with van der Waals surface area (Å²) in [5.74, 6) is -1.37. The van der Waals surface area contributed by atoms with Crippen LogP contribution >= 0.6 is 0 Å². The number of rotatable bonds is 4. The Hall–Kier alpha value is -2.31. The number of benzene rings is 1. The molecule has 0 radical (unpaired) electrons. The summed E-state index contributed by atoms with van der Waals surface area (Å²) in [5, 5.41) is 23.0. The van der Waals surface area contributed by atoms with E-state index in [4.69, 9.17) is 4.74 Å². The van der Waals surface area contributed by atoms with Crippen molar-refractivity contribution in [3.05, 3.63) is 27.8 Å². The van der Waals surface area contributed by atoms with Gasteiger partial charge in [-0.3, -0.25) is 14.9 Å². The number of nitrogens with zero attached hydrogens (tertiary/aromatic N) is 1. The second kappa shape index (κ2) is 5.35. The Kier molecular flexibility index (Phi) is 4.09. The lowest BCUT2D eigenvalue weighted by atomic mass is 10.1. The van der Waals surface area contributed by atoms with Crippen LogP contribution in [0, 0.1) is 10.1 Å². The molecule has 7 heteroatoms. The second-order valence-corrected chi connectivity index (χ2v) is 3.81. The molecular weight excluding hydrogens is 240 g/mol. The van der Waals surface area contributed by atoms with Gasteiger partial charge in [0.15, 0.2) is 5.75 Å². The second-order valence-electron chi connectivity index (χ2n) is 3.81. The summed E-state index contributed by atoms with van der Waals surface area (Å²) in [5.41, 5.74) is -0.451. The Bertz CT molecular complexity index is 485. The molecule has 1 amide bonds. The highest BCUT2D eigenvalue weighted by molar-refractivity contribution is 5.98. The van der Waals surface area contributed by atoms with Crippen LogP contribution in [0.3, 0.4) is 0 Å². The highest BCUT2D eigenvalue weighted by Gasteiger charge is 2.25. The first-order valence-corrected chi connectivity index (χ1v) is 5.27. The molecular formula is C11H14N2O5. The third-order valence-corrected chi connectivity index (χ3v) is 2.13. The van der Waals surface area contributed by atoms with Gasteiger partial charge in [-0.25, -0.2) is 0 Å². The van der Waals surface area contributed by atoms with Crippen LogP contribution in [0.4, 0.5) is 5.69 Å². The average molecular weight is 254 g/mol. The molecule has 0 aromatic heterocycles. The van der Waals surface area contributed by atoms with E-state index in [1.54, 1.807) is 13.8 Å². The first kappa shape index (κ1) is 13.8. The molecule has 1 aromatic carbocycles. The normalized spacial score (nSPS) is 10.2. The number of ether oxygens (including phenoxy) is 1. The van der Waals surface area contributed by atoms with Gasteiger partial charge in [-0.2, -0.15) is 0 Å². The minimum Gasteiger partial charge on any atom is -0.504 e. The van der Waals surface area contributed by atoms with Crippen molar-refractivity contribution in [3.63, 3.8) is 0 Å². The number of phenolic OH excluding ortho intramolecular Hbond substituents is 1. The fraction of sp³-hybridized carbons (Fsp3) is 0.364. The van der Waals surface area contributed by atoms with E-state index in [1.165, 1.54) is 13.1 Å². The van der Waals surface area contributed by atoms with Gasteiger partial charge in [0.25, 0.3) is 5.91 Å². The van der Waals surface area contributed by atoms with Crippen molar-refractivity contribution in [1.82, 2.24) is 5.32 Å². The largest absolute Gasteiger partial charge is 0.504 e. The van der Waals surface area contributed by atoms with Crippen molar-refractivity contribution < 1.29 is 19.6 Å². The van der Waals surface area contributed by atoms with E-state index >= 15 is 0 Å². The molecule has 18 heavy (non-hydrogen) atoms. The average Bonchev–Trinajstić information content (AvgIpc) is 2.29. The molecule has 7 nitrogen and oxygen atoms in total. The lowest BCUT2D eigenvalue weighted by molar-refractivity contribution is -0.386. The fourth-order valence-electron chi connectivity index (χ4n) is 1.37. The Morgan fingerprint density at radius 2 is 2.11 bits per heavy atom. The standard InChI is InChI=1S/C11H14N2O5/c1-6(2)18-10-8(13(16)17)5-4-7(9(10)14)11(15)12-3/h4-6,14H,1-3H3,(H,12,15). The van der Waals surface area contributed by atoms with Gasteiger partial charge in [-0.15, -0.1) is 0 Å². The van der Waals surface area contributed by atoms with Crippen LogP contribution in [0.1, 0.15) is 24.2 Å². The number of nitrogens with one attached hydrogen (secondary N) is 1. The summed E-state index contributed by atoms with van der Waals surface area (Å²) in [7, 11) is 1.40. The predicted molar refractivity (Wildman–Crippen MR) is 63.9 cm³/mol. The Morgan fingerprint density at radius 1 is 1.50 bits per heavy atom. The van der Waals surface area contributed by atoms with Crippen LogP contribution in [0.25, 0.3) is 0 Å². The van der Waals surface area contributed by atoms with Gasteiger partial charge in [0.05, 0.1) is 16.6 Å². The zero-order chi connectivity index (χ0) is 13.9. The van der Waals surface area contributed by atoms with E-state index in [0.717, 1.165) is 6.07 Å². The molecule has 0 aliphatic rings. The van der Waals surface area contributed by atoms with Crippen LogP contribution in [0.15, 0.2) is 12.1 Å². The first-order valence-electron chi connectivity index (χ1n) is 5.27. The molecule has 0 saturated carbocycles. The lowest BCUT2D eigenvalue weighted by Gasteiger charge is -2.13. The summed E-state index contributed by atoms with van der Waals surface area (Å²) < 4.78 is 5.20. The Balaban J connectivity index is 3.39. The van der Waals surface area contributed by atoms with E-state index < -0.39 is 16.6 Å². The zero-order valence-corrected chi connectivity index (χ0v) is 10.3. The number of aromatic hydroxyl groups is 1. The quantitative estimate of drug-likeness (QED) is 0.625. The number of hydrogen-bond donors (Lipinski definition) is 2. The van der Waals surface area contributed by atoms with Gasteiger partial charge < -0.3 is 15.2 Å². The number of nitro benzene ring substituents is 1. The monoisotopic (exact) mass is 254 g/mol. The molecule has 0 unspecified atom stereocenters. The molecule has 0 fully saturated rings. The van der Waals surface area contributed by atoms with Gasteiger partial charge in [-0.1, -0.05) is 0 Å². The van der Waals surface area contributed by atoms with Gasteiger partial charge >= 0.3 is 5.69 Å². The molecule has 0 atom stereocenters. The highest BCUT2D eigenvalue weighted by atomic mass is 16.6. The topological polar surface area (TPSA) is 102 Å². The van der Waals surface area contributed by atoms with Crippen LogP contribution < -0.4 is 10.1 Å². The van der Waals surface area contributed by atoms with Crippen LogP contribution in [0.5, 0.6) is 11.5 Å². The SMILES string of the molecule is CNC(=O)c1ccc([N+](=O)[O-])c(OC(C)C)c1O. The molecule has 98 valence electrons. The van der Waals surface area contributed by atoms with Gasteiger partial charge in [0.2, 0.25) is 5.75 Å². The Labute approximate surface area is 104 Å². The van der Waals surface area contributed by atoms with Crippen LogP contribution in [-0.2, 0) is 0 Å². The molecule has 0 saturated heterocycles. The van der Waals surface area contributed by atoms with Crippen LogP contribution in [-0.4, -0.2) is 29.1 Å². The first-order chi connectivity index (χ1) is 8.38. The zero-order valence-electron chi connectivity index (χ0n) is 10.3. The van der Waals surface area contributed by atoms with E-state index in [-0.39, 0.29) is 23.1 Å². The molecule has 2 N–H and O–H groups in total. The number of amides is 1.